The van der Waals surface area contributed by atoms with Crippen molar-refractivity contribution in [2.24, 2.45) is 0 Å². The maximum Gasteiger partial charge on any atom is 0.316 e. The number of aryl methyl sites for hydroxylation is 2. The van der Waals surface area contributed by atoms with Gasteiger partial charge in [-0.25, -0.2) is 0 Å². The molecule has 7 heteroatoms. The van der Waals surface area contributed by atoms with E-state index in [2.05, 4.69) is 20.6 Å². The Morgan fingerprint density at radius 1 is 1.09 bits per heavy atom. The van der Waals surface area contributed by atoms with Crippen LogP contribution in [0, 0.1) is 13.8 Å². The molecular weight excluding hydrogens is 296 g/mol. The van der Waals surface area contributed by atoms with Crippen molar-refractivity contribution < 1.29 is 14.3 Å². The Hall–Kier alpha value is -2.96. The molecule has 0 aliphatic carbocycles. The number of amides is 2. The van der Waals surface area contributed by atoms with Crippen LogP contribution in [0.1, 0.15) is 21.7 Å². The zero-order valence-electron chi connectivity index (χ0n) is 13.2. The average Bonchev–Trinajstić information content (AvgIpc) is 2.56. The summed E-state index contributed by atoms with van der Waals surface area (Å²) in [5.41, 5.74) is 2.21. The third-order valence-corrected chi connectivity index (χ3v) is 3.14. The Bertz CT molecular complexity index is 694. The summed E-state index contributed by atoms with van der Waals surface area (Å²) in [4.78, 5) is 32.1. The number of anilines is 1. The minimum absolute atomic E-state index is 0.140. The summed E-state index contributed by atoms with van der Waals surface area (Å²) in [7, 11) is 1.48. The smallest absolute Gasteiger partial charge is 0.316 e. The second kappa shape index (κ2) is 7.35. The molecule has 0 atom stereocenters. The standard InChI is InChI=1S/C16H18N4O3/c1-10-14(11(2)19-16(18-10)23-3)20-13(21)9-17-15(22)12-7-5-4-6-8-12/h4-8H,9H2,1-3H3,(H,17,22)(H,20,21). The topological polar surface area (TPSA) is 93.2 Å². The molecule has 0 radical (unpaired) electrons. The molecule has 2 amide bonds. The normalized spacial score (nSPS) is 10.0. The molecule has 2 aromatic rings. The molecule has 0 saturated heterocycles. The first-order valence-corrected chi connectivity index (χ1v) is 7.03. The molecule has 1 aromatic heterocycles. The number of hydrogen-bond acceptors (Lipinski definition) is 5. The van der Waals surface area contributed by atoms with Crippen LogP contribution in [0.4, 0.5) is 5.69 Å². The van der Waals surface area contributed by atoms with Crippen molar-refractivity contribution >= 4 is 17.5 Å². The summed E-state index contributed by atoms with van der Waals surface area (Å²) in [6.07, 6.45) is 0. The monoisotopic (exact) mass is 314 g/mol. The van der Waals surface area contributed by atoms with Crippen LogP contribution in [0.2, 0.25) is 0 Å². The van der Waals surface area contributed by atoms with Crippen molar-refractivity contribution in [3.05, 3.63) is 47.3 Å². The van der Waals surface area contributed by atoms with Crippen LogP contribution in [0.5, 0.6) is 6.01 Å². The molecular formula is C16H18N4O3. The van der Waals surface area contributed by atoms with Gasteiger partial charge in [-0.3, -0.25) is 9.59 Å². The van der Waals surface area contributed by atoms with E-state index in [0.29, 0.717) is 22.6 Å². The number of methoxy groups -OCH3 is 1. The second-order valence-corrected chi connectivity index (χ2v) is 4.85. The minimum atomic E-state index is -0.353. The van der Waals surface area contributed by atoms with E-state index < -0.39 is 0 Å². The number of aromatic nitrogens is 2. The summed E-state index contributed by atoms with van der Waals surface area (Å²) in [6.45, 7) is 3.35. The zero-order chi connectivity index (χ0) is 16.8. The van der Waals surface area contributed by atoms with E-state index in [1.54, 1.807) is 38.1 Å². The van der Waals surface area contributed by atoms with Gasteiger partial charge in [-0.2, -0.15) is 9.97 Å². The van der Waals surface area contributed by atoms with Crippen LogP contribution in [-0.4, -0.2) is 35.4 Å². The Kier molecular flexibility index (Phi) is 5.24. The van der Waals surface area contributed by atoms with Crippen molar-refractivity contribution in [2.75, 3.05) is 19.0 Å². The molecule has 0 fully saturated rings. The fourth-order valence-electron chi connectivity index (χ4n) is 1.99. The highest BCUT2D eigenvalue weighted by molar-refractivity contribution is 5.99. The molecule has 0 unspecified atom stereocenters. The lowest BCUT2D eigenvalue weighted by atomic mass is 10.2. The first-order chi connectivity index (χ1) is 11.0. The molecule has 0 saturated carbocycles. The molecule has 7 nitrogen and oxygen atoms in total. The molecule has 120 valence electrons. The largest absolute Gasteiger partial charge is 0.467 e. The lowest BCUT2D eigenvalue weighted by Crippen LogP contribution is -2.33. The van der Waals surface area contributed by atoms with Gasteiger partial charge in [0.2, 0.25) is 5.91 Å². The van der Waals surface area contributed by atoms with E-state index in [4.69, 9.17) is 4.74 Å². The van der Waals surface area contributed by atoms with Crippen LogP contribution < -0.4 is 15.4 Å². The summed E-state index contributed by atoms with van der Waals surface area (Å²) < 4.78 is 4.97. The van der Waals surface area contributed by atoms with Crippen molar-refractivity contribution in [1.29, 1.82) is 0 Å². The first-order valence-electron chi connectivity index (χ1n) is 7.03. The van der Waals surface area contributed by atoms with Crippen molar-refractivity contribution in [3.63, 3.8) is 0 Å². The van der Waals surface area contributed by atoms with Gasteiger partial charge in [0.05, 0.1) is 30.7 Å². The predicted molar refractivity (Wildman–Crippen MR) is 85.5 cm³/mol. The summed E-state index contributed by atoms with van der Waals surface area (Å²) >= 11 is 0. The summed E-state index contributed by atoms with van der Waals surface area (Å²) in [5.74, 6) is -0.658. The number of ether oxygens (including phenoxy) is 1. The highest BCUT2D eigenvalue weighted by Crippen LogP contribution is 2.19. The highest BCUT2D eigenvalue weighted by atomic mass is 16.5. The van der Waals surface area contributed by atoms with Crippen molar-refractivity contribution in [3.8, 4) is 6.01 Å². The first kappa shape index (κ1) is 16.4. The van der Waals surface area contributed by atoms with Crippen LogP contribution >= 0.6 is 0 Å². The molecule has 2 rings (SSSR count). The Balaban J connectivity index is 1.97. The van der Waals surface area contributed by atoms with Crippen molar-refractivity contribution in [2.45, 2.75) is 13.8 Å². The molecule has 0 bridgehead atoms. The zero-order valence-corrected chi connectivity index (χ0v) is 13.2. The Labute approximate surface area is 134 Å². The number of hydrogen-bond donors (Lipinski definition) is 2. The van der Waals surface area contributed by atoms with E-state index in [1.165, 1.54) is 7.11 Å². The Morgan fingerprint density at radius 2 is 1.70 bits per heavy atom. The van der Waals surface area contributed by atoms with Gasteiger partial charge in [0.15, 0.2) is 0 Å². The maximum atomic E-state index is 12.0. The molecule has 1 heterocycles. The number of rotatable bonds is 5. The van der Waals surface area contributed by atoms with Gasteiger partial charge in [0.25, 0.3) is 5.91 Å². The minimum Gasteiger partial charge on any atom is -0.467 e. The van der Waals surface area contributed by atoms with Crippen LogP contribution in [0.15, 0.2) is 30.3 Å². The quantitative estimate of drug-likeness (QED) is 0.871. The Morgan fingerprint density at radius 3 is 2.26 bits per heavy atom. The maximum absolute atomic E-state index is 12.0. The van der Waals surface area contributed by atoms with E-state index in [0.717, 1.165) is 0 Å². The summed E-state index contributed by atoms with van der Waals surface area (Å²) in [6, 6.07) is 8.94. The summed E-state index contributed by atoms with van der Waals surface area (Å²) in [5, 5.41) is 5.27. The SMILES string of the molecule is COc1nc(C)c(NC(=O)CNC(=O)c2ccccc2)c(C)n1. The van der Waals surface area contributed by atoms with Crippen LogP contribution in [0.3, 0.4) is 0 Å². The third-order valence-electron chi connectivity index (χ3n) is 3.14. The fraction of sp³-hybridized carbons (Fsp3) is 0.250. The van der Waals surface area contributed by atoms with Crippen LogP contribution in [-0.2, 0) is 4.79 Å². The van der Waals surface area contributed by atoms with E-state index in [-0.39, 0.29) is 24.4 Å². The number of carbonyl (C=O) groups excluding carboxylic acids is 2. The molecule has 0 spiro atoms. The van der Waals surface area contributed by atoms with Gasteiger partial charge in [0, 0.05) is 5.56 Å². The van der Waals surface area contributed by atoms with Crippen molar-refractivity contribution in [1.82, 2.24) is 15.3 Å². The van der Waals surface area contributed by atoms with E-state index in [1.807, 2.05) is 6.07 Å². The highest BCUT2D eigenvalue weighted by Gasteiger charge is 2.13. The fourth-order valence-corrected chi connectivity index (χ4v) is 1.99. The van der Waals surface area contributed by atoms with Gasteiger partial charge in [-0.15, -0.1) is 0 Å². The van der Waals surface area contributed by atoms with Crippen LogP contribution in [0.25, 0.3) is 0 Å². The molecule has 1 aromatic carbocycles. The van der Waals surface area contributed by atoms with Gasteiger partial charge >= 0.3 is 6.01 Å². The predicted octanol–water partition coefficient (Wildman–Crippen LogP) is 1.47. The number of nitrogens with one attached hydrogen (secondary N) is 2. The van der Waals surface area contributed by atoms with Gasteiger partial charge in [-0.05, 0) is 26.0 Å². The molecule has 0 aliphatic heterocycles. The van der Waals surface area contributed by atoms with Gasteiger partial charge < -0.3 is 15.4 Å². The average molecular weight is 314 g/mol. The van der Waals surface area contributed by atoms with Gasteiger partial charge in [-0.1, -0.05) is 18.2 Å². The third kappa shape index (κ3) is 4.26. The second-order valence-electron chi connectivity index (χ2n) is 4.85. The lowest BCUT2D eigenvalue weighted by molar-refractivity contribution is -0.115. The number of nitrogens with zero attached hydrogens (tertiary/aromatic N) is 2. The van der Waals surface area contributed by atoms with Gasteiger partial charge in [0.1, 0.15) is 0 Å². The lowest BCUT2D eigenvalue weighted by Gasteiger charge is -2.12. The molecule has 2 N–H and O–H groups in total. The van der Waals surface area contributed by atoms with E-state index >= 15 is 0 Å². The molecule has 23 heavy (non-hydrogen) atoms. The number of benzene rings is 1. The van der Waals surface area contributed by atoms with E-state index in [9.17, 15) is 9.59 Å². The number of carbonyl (C=O) groups is 2. The molecule has 0 aliphatic rings.